The van der Waals surface area contributed by atoms with Crippen LogP contribution in [0.2, 0.25) is 5.02 Å². The highest BCUT2D eigenvalue weighted by Crippen LogP contribution is 2.26. The number of hydrogen-bond donors (Lipinski definition) is 3. The maximum atomic E-state index is 11.8. The van der Waals surface area contributed by atoms with E-state index < -0.39 is 18.1 Å². The van der Waals surface area contributed by atoms with Crippen molar-refractivity contribution in [3.8, 4) is 0 Å². The smallest absolute Gasteiger partial charge is 0.254 e. The molecule has 0 spiro atoms. The molecule has 0 radical (unpaired) electrons. The average molecular weight is 625 g/mol. The van der Waals surface area contributed by atoms with Gasteiger partial charge in [-0.05, 0) is 62.5 Å². The van der Waals surface area contributed by atoms with Crippen LogP contribution in [0, 0.1) is 0 Å². The van der Waals surface area contributed by atoms with E-state index in [9.17, 15) is 24.2 Å². The number of halogens is 2. The Kier molecular flexibility index (Phi) is 26.9. The summed E-state index contributed by atoms with van der Waals surface area (Å²) in [6.07, 6.45) is 10.6. The minimum Gasteiger partial charge on any atom is -0.390 e. The van der Waals surface area contributed by atoms with Crippen molar-refractivity contribution in [1.29, 1.82) is 0 Å². The van der Waals surface area contributed by atoms with Crippen molar-refractivity contribution in [3.05, 3.63) is 94.7 Å². The zero-order valence-corrected chi connectivity index (χ0v) is 27.4. The number of unbranched alkanes of at least 4 members (excludes halogenated alkanes) is 1. The lowest BCUT2D eigenvalue weighted by atomic mass is 10.0. The first kappa shape index (κ1) is 41.5. The Labute approximate surface area is 262 Å². The first-order valence-electron chi connectivity index (χ1n) is 14.2. The summed E-state index contributed by atoms with van der Waals surface area (Å²) in [7, 11) is 0. The van der Waals surface area contributed by atoms with Gasteiger partial charge in [-0.2, -0.15) is 0 Å². The molecule has 2 unspecified atom stereocenters. The van der Waals surface area contributed by atoms with Gasteiger partial charge >= 0.3 is 0 Å². The third kappa shape index (κ3) is 20.3. The van der Waals surface area contributed by atoms with Gasteiger partial charge < -0.3 is 20.4 Å². The minimum absolute atomic E-state index is 0.204. The van der Waals surface area contributed by atoms with E-state index >= 15 is 0 Å². The second-order valence-electron chi connectivity index (χ2n) is 8.90. The largest absolute Gasteiger partial charge is 0.390 e. The van der Waals surface area contributed by atoms with E-state index in [1.165, 1.54) is 36.5 Å². The number of aliphatic hydroxyl groups excluding tert-OH is 2. The van der Waals surface area contributed by atoms with Gasteiger partial charge in [0, 0.05) is 35.3 Å². The van der Waals surface area contributed by atoms with E-state index in [1.807, 2.05) is 45.0 Å². The fourth-order valence-electron chi connectivity index (χ4n) is 3.28. The maximum Gasteiger partial charge on any atom is 0.254 e. The molecule has 2 rings (SSSR count). The summed E-state index contributed by atoms with van der Waals surface area (Å²) in [5, 5.41) is 22.2. The Hall–Kier alpha value is -2.65. The molecule has 0 bridgehead atoms. The molecule has 2 atom stereocenters. The fraction of sp³-hybridized carbons (Fsp3) is 0.455. The summed E-state index contributed by atoms with van der Waals surface area (Å²) in [4.78, 5) is 24.8. The van der Waals surface area contributed by atoms with E-state index in [2.05, 4.69) is 30.6 Å². The molecular weight excluding hydrogens is 575 g/mol. The predicted octanol–water partition coefficient (Wildman–Crippen LogP) is 7.19. The van der Waals surface area contributed by atoms with Crippen molar-refractivity contribution >= 4 is 35.7 Å². The number of benzene rings is 1. The van der Waals surface area contributed by atoms with Gasteiger partial charge in [0.15, 0.2) is 6.10 Å². The van der Waals surface area contributed by atoms with Crippen LogP contribution in [0.25, 0.3) is 0 Å². The van der Waals surface area contributed by atoms with Gasteiger partial charge in [0.25, 0.3) is 5.91 Å². The van der Waals surface area contributed by atoms with Crippen molar-refractivity contribution in [3.63, 3.8) is 0 Å². The minimum atomic E-state index is -1.32. The number of amides is 2. The van der Waals surface area contributed by atoms with Crippen molar-refractivity contribution in [2.45, 2.75) is 72.5 Å². The van der Waals surface area contributed by atoms with Gasteiger partial charge in [-0.3, -0.25) is 9.59 Å². The van der Waals surface area contributed by atoms with Crippen LogP contribution in [-0.2, 0) is 16.0 Å². The Morgan fingerprint density at radius 3 is 2.40 bits per heavy atom. The van der Waals surface area contributed by atoms with E-state index in [1.54, 1.807) is 22.7 Å². The molecule has 1 aromatic rings. The molecule has 0 saturated heterocycles. The van der Waals surface area contributed by atoms with Crippen molar-refractivity contribution in [2.24, 2.45) is 0 Å². The highest BCUT2D eigenvalue weighted by molar-refractivity contribution is 8.03. The van der Waals surface area contributed by atoms with Crippen LogP contribution in [-0.4, -0.2) is 65.0 Å². The molecule has 1 aromatic carbocycles. The molecule has 0 aliphatic carbocycles. The Balaban J connectivity index is 0. The van der Waals surface area contributed by atoms with Crippen LogP contribution in [0.5, 0.6) is 0 Å². The highest BCUT2D eigenvalue weighted by atomic mass is 35.5. The number of nitrogens with zero attached hydrogens (tertiary/aromatic N) is 1. The fourth-order valence-corrected chi connectivity index (χ4v) is 4.41. The van der Waals surface area contributed by atoms with Gasteiger partial charge in [-0.1, -0.05) is 81.8 Å². The van der Waals surface area contributed by atoms with Gasteiger partial charge in [-0.15, -0.1) is 18.3 Å². The van der Waals surface area contributed by atoms with Crippen LogP contribution in [0.1, 0.15) is 59.4 Å². The van der Waals surface area contributed by atoms with Crippen LogP contribution in [0.4, 0.5) is 4.39 Å². The lowest BCUT2D eigenvalue weighted by Crippen LogP contribution is -2.44. The number of nitrogens with one attached hydrogen (secondary N) is 1. The number of thioether (sulfide) groups is 1. The molecule has 0 fully saturated rings. The topological polar surface area (TPSA) is 89.9 Å². The normalized spacial score (nSPS) is 13.5. The van der Waals surface area contributed by atoms with Crippen molar-refractivity contribution in [1.82, 2.24) is 10.2 Å². The molecule has 6 nitrogen and oxygen atoms in total. The number of aliphatic hydroxyl groups is 2. The van der Waals surface area contributed by atoms with Gasteiger partial charge in [0.2, 0.25) is 6.41 Å². The summed E-state index contributed by atoms with van der Waals surface area (Å²) in [6, 6.07) is 7.89. The highest BCUT2D eigenvalue weighted by Gasteiger charge is 2.25. The van der Waals surface area contributed by atoms with E-state index in [4.69, 9.17) is 11.6 Å². The second kappa shape index (κ2) is 27.2. The summed E-state index contributed by atoms with van der Waals surface area (Å²) >= 11 is 7.90. The maximum absolute atomic E-state index is 11.8. The van der Waals surface area contributed by atoms with E-state index in [0.29, 0.717) is 26.1 Å². The third-order valence-electron chi connectivity index (χ3n) is 5.43. The van der Waals surface area contributed by atoms with E-state index in [-0.39, 0.29) is 5.83 Å². The molecule has 0 aromatic heterocycles. The zero-order valence-electron chi connectivity index (χ0n) is 25.8. The Bertz CT molecular complexity index is 1010. The summed E-state index contributed by atoms with van der Waals surface area (Å²) in [5.41, 5.74) is 2.39. The number of rotatable bonds is 14. The third-order valence-corrected chi connectivity index (χ3v) is 6.76. The lowest BCUT2D eigenvalue weighted by Gasteiger charge is -2.25. The number of hydrogen-bond acceptors (Lipinski definition) is 5. The number of carbonyl (C=O) groups is 2. The Morgan fingerprint density at radius 2 is 1.90 bits per heavy atom. The first-order valence-corrected chi connectivity index (χ1v) is 15.6. The number of carbonyl (C=O) groups excluding carboxylic acids is 2. The predicted molar refractivity (Wildman–Crippen MR) is 178 cm³/mol. The summed E-state index contributed by atoms with van der Waals surface area (Å²) in [6.45, 7) is 17.5. The SMILES string of the molecule is C=C/C=C(\C)F.C=CCCN(CCCC)C(=O)C(O)C(C)O.CC.O=CNCC1=CC(Cc2ccccc2Cl)=CCS1. The van der Waals surface area contributed by atoms with Crippen molar-refractivity contribution in [2.75, 3.05) is 25.4 Å². The average Bonchev–Trinajstić information content (AvgIpc) is 2.98. The van der Waals surface area contributed by atoms with Gasteiger partial charge in [0.05, 0.1) is 11.9 Å². The van der Waals surface area contributed by atoms with Crippen LogP contribution < -0.4 is 5.32 Å². The molecule has 1 heterocycles. The van der Waals surface area contributed by atoms with Crippen LogP contribution >= 0.6 is 23.4 Å². The standard InChI is InChI=1S/C14H14ClNOS.C12H23NO3.C5H7F.C2H6/c15-14-4-2-1-3-12(14)7-11-5-6-18-13(8-11)9-16-10-17;1-4-6-8-13(9-7-5-2)12(16)11(15)10(3)14;1-3-4-5(2)6;1-2/h1-5,8,10H,6-7,9H2,(H,16,17);4,10-11,14-15H,1,5-9H2,2-3H3;3-4H,1H2,2H3;1-2H3/b;;5-4+;. The van der Waals surface area contributed by atoms with Gasteiger partial charge in [-0.25, -0.2) is 4.39 Å². The summed E-state index contributed by atoms with van der Waals surface area (Å²) in [5.74, 6) is 0.349. The molecule has 42 heavy (non-hydrogen) atoms. The summed E-state index contributed by atoms with van der Waals surface area (Å²) < 4.78 is 11.5. The molecular formula is C33H50ClFN2O4S. The molecule has 9 heteroatoms. The number of allylic oxidation sites excluding steroid dienone is 5. The molecule has 1 aliphatic rings. The van der Waals surface area contributed by atoms with Crippen LogP contribution in [0.15, 0.2) is 84.1 Å². The molecule has 1 aliphatic heterocycles. The van der Waals surface area contributed by atoms with E-state index in [0.717, 1.165) is 42.0 Å². The van der Waals surface area contributed by atoms with Crippen LogP contribution in [0.3, 0.4) is 0 Å². The monoisotopic (exact) mass is 624 g/mol. The Morgan fingerprint density at radius 1 is 1.24 bits per heavy atom. The first-order chi connectivity index (χ1) is 20.1. The quantitative estimate of drug-likeness (QED) is 0.116. The molecule has 2 amide bonds. The molecule has 0 saturated carbocycles. The lowest BCUT2D eigenvalue weighted by molar-refractivity contribution is -0.145. The molecule has 236 valence electrons. The van der Waals surface area contributed by atoms with Gasteiger partial charge in [0.1, 0.15) is 0 Å². The molecule has 3 N–H and O–H groups in total. The second-order valence-corrected chi connectivity index (χ2v) is 10.5. The van der Waals surface area contributed by atoms with Crippen molar-refractivity contribution < 1.29 is 24.2 Å². The zero-order chi connectivity index (χ0) is 32.3.